The Morgan fingerprint density at radius 2 is 2.00 bits per heavy atom. The van der Waals surface area contributed by atoms with Crippen molar-refractivity contribution in [2.75, 3.05) is 0 Å². The zero-order valence-corrected chi connectivity index (χ0v) is 2.82. The lowest BCUT2D eigenvalue weighted by Gasteiger charge is -1.11. The first-order chi connectivity index (χ1) is 1.91. The summed E-state index contributed by atoms with van der Waals surface area (Å²) in [6, 6.07) is 0. The van der Waals surface area contributed by atoms with E-state index in [0.717, 1.165) is 5.66 Å². The third-order valence-corrected chi connectivity index (χ3v) is 0.125. The molecule has 0 aromatic rings. The molecular weight excluding hydrogens is 75.0 g/mol. The van der Waals surface area contributed by atoms with E-state index < -0.39 is 8.08 Å². The fourth-order valence-electron chi connectivity index (χ4n) is 0. The summed E-state index contributed by atoms with van der Waals surface area (Å²) in [6.07, 6.45) is 0. The second-order valence-corrected chi connectivity index (χ2v) is 0.612. The highest BCUT2D eigenvalue weighted by Gasteiger charge is 1.22. The van der Waals surface area contributed by atoms with Gasteiger partial charge in [0.15, 0.2) is 13.7 Å². The van der Waals surface area contributed by atoms with Crippen LogP contribution in [0.4, 0.5) is 0 Å². The Kier molecular flexibility index (Phi) is 2.47. The smallest absolute Gasteiger partial charge is 0.184 e. The molecule has 0 aliphatic rings. The van der Waals surface area contributed by atoms with E-state index in [1.54, 1.807) is 0 Å². The molecule has 0 spiro atoms. The fourth-order valence-corrected chi connectivity index (χ4v) is 0. The van der Waals surface area contributed by atoms with Crippen LogP contribution in [0, 0.1) is 0 Å². The molecule has 0 bridgehead atoms. The van der Waals surface area contributed by atoms with Crippen LogP contribution in [-0.2, 0) is 9.36 Å². The Morgan fingerprint density at radius 1 is 1.75 bits per heavy atom. The quantitative estimate of drug-likeness (QED) is 0.383. The fraction of sp³-hybridized carbons (Fsp3) is 0. The second-order valence-electron chi connectivity index (χ2n) is 0.204. The number of hydrogen-bond acceptors (Lipinski definition) is 2. The molecule has 0 aliphatic heterocycles. The molecule has 0 heterocycles. The van der Waals surface area contributed by atoms with Gasteiger partial charge in [-0.15, -0.1) is 0 Å². The van der Waals surface area contributed by atoms with E-state index in [-0.39, 0.29) is 0 Å². The lowest BCUT2D eigenvalue weighted by molar-refractivity contribution is 0.567. The van der Waals surface area contributed by atoms with Crippen molar-refractivity contribution in [3.05, 3.63) is 0 Å². The minimum atomic E-state index is -0.915. The molecule has 0 fully saturated rings. The van der Waals surface area contributed by atoms with E-state index in [4.69, 9.17) is 9.36 Å². The van der Waals surface area contributed by atoms with Crippen LogP contribution in [0.5, 0.6) is 0 Å². The maximum atomic E-state index is 8.90. The second kappa shape index (κ2) is 2.68. The van der Waals surface area contributed by atoms with E-state index >= 15 is 0 Å². The van der Waals surface area contributed by atoms with Crippen molar-refractivity contribution in [1.82, 2.24) is 0 Å². The lowest BCUT2D eigenvalue weighted by atomic mass is 11.9. The van der Waals surface area contributed by atoms with Crippen LogP contribution in [0.2, 0.25) is 0 Å². The van der Waals surface area contributed by atoms with Gasteiger partial charge >= 0.3 is 0 Å². The van der Waals surface area contributed by atoms with Crippen molar-refractivity contribution in [2.24, 2.45) is 0 Å². The largest absolute Gasteiger partial charge is 0.274 e. The van der Waals surface area contributed by atoms with Gasteiger partial charge in [0.05, 0.1) is 0 Å². The summed E-state index contributed by atoms with van der Waals surface area (Å²) in [6.45, 7) is 0. The Labute approximate surface area is 24.3 Å². The molecule has 0 N–H and O–H groups in total. The molecule has 1 unspecified atom stereocenters. The predicted molar refractivity (Wildman–Crippen MR) is 14.7 cm³/mol. The molecule has 4 heavy (non-hydrogen) atoms. The monoisotopic (exact) mass is 76.0 g/mol. The summed E-state index contributed by atoms with van der Waals surface area (Å²) >= 11 is 0. The van der Waals surface area contributed by atoms with Gasteiger partial charge in [-0.3, -0.25) is 4.57 Å². The van der Waals surface area contributed by atoms with Gasteiger partial charge in [-0.05, 0) is 0 Å². The molecule has 1 atom stereocenters. The van der Waals surface area contributed by atoms with Crippen molar-refractivity contribution < 1.29 is 9.36 Å². The highest BCUT2D eigenvalue weighted by atomic mass is 31.0. The summed E-state index contributed by atoms with van der Waals surface area (Å²) < 4.78 is 8.90. The normalized spacial score (nSPS) is 6.00. The van der Waals surface area contributed by atoms with Crippen LogP contribution in [0.25, 0.3) is 0 Å². The first-order valence-electron chi connectivity index (χ1n) is 0.658. The van der Waals surface area contributed by atoms with Gasteiger partial charge in [0, 0.05) is 0 Å². The van der Waals surface area contributed by atoms with Crippen molar-refractivity contribution in [1.29, 1.82) is 0 Å². The molecule has 0 rings (SSSR count). The van der Waals surface area contributed by atoms with Gasteiger partial charge in [-0.2, -0.15) is 0 Å². The third-order valence-electron chi connectivity index (χ3n) is 0.0417. The van der Waals surface area contributed by atoms with Gasteiger partial charge in [0.2, 0.25) is 0 Å². The average Bonchev–Trinajstić information content (AvgIpc) is 1.37. The van der Waals surface area contributed by atoms with Crippen LogP contribution >= 0.6 is 8.08 Å². The van der Waals surface area contributed by atoms with Gasteiger partial charge in [-0.25, -0.2) is 4.79 Å². The number of rotatable bonds is 0. The first-order valence-corrected chi connectivity index (χ1v) is 1.57. The van der Waals surface area contributed by atoms with Gasteiger partial charge < -0.3 is 0 Å². The van der Waals surface area contributed by atoms with Gasteiger partial charge in [-0.1, -0.05) is 0 Å². The number of hydrogen-bond donors (Lipinski definition) is 0. The minimum Gasteiger partial charge on any atom is -0.274 e. The van der Waals surface area contributed by atoms with Gasteiger partial charge in [0.25, 0.3) is 0 Å². The van der Waals surface area contributed by atoms with Gasteiger partial charge in [0.1, 0.15) is 0 Å². The standard InChI is InChI=1S/CHO2P/c2-1-4-3/h4H. The summed E-state index contributed by atoms with van der Waals surface area (Å²) in [5.41, 5.74) is 1.15. The van der Waals surface area contributed by atoms with E-state index in [0.29, 0.717) is 0 Å². The maximum absolute atomic E-state index is 8.90. The Balaban J connectivity index is 3.95. The molecule has 22 valence electrons. The summed E-state index contributed by atoms with van der Waals surface area (Å²) in [4.78, 5) is 8.75. The van der Waals surface area contributed by atoms with Crippen molar-refractivity contribution in [3.63, 3.8) is 0 Å². The van der Waals surface area contributed by atoms with E-state index in [9.17, 15) is 0 Å². The Hall–Kier alpha value is -0.320. The SMILES string of the molecule is O=C=[PH]=O. The van der Waals surface area contributed by atoms with E-state index in [2.05, 4.69) is 0 Å². The minimum absolute atomic E-state index is 0.915. The molecule has 3 heteroatoms. The topological polar surface area (TPSA) is 34.1 Å². The van der Waals surface area contributed by atoms with E-state index in [1.165, 1.54) is 0 Å². The van der Waals surface area contributed by atoms with Crippen molar-refractivity contribution >= 4 is 13.7 Å². The first kappa shape index (κ1) is 3.68. The molecule has 0 radical (unpaired) electrons. The molecular formula is CHO2P. The summed E-state index contributed by atoms with van der Waals surface area (Å²) in [7, 11) is -0.915. The van der Waals surface area contributed by atoms with Crippen LogP contribution in [-0.4, -0.2) is 5.66 Å². The van der Waals surface area contributed by atoms with Crippen LogP contribution in [0.3, 0.4) is 0 Å². The molecule has 0 saturated heterocycles. The zero-order valence-electron chi connectivity index (χ0n) is 1.82. The number of carbonyl (C=O) groups excluding carboxylic acids is 1. The maximum Gasteiger partial charge on any atom is 0.184 e. The Bertz CT molecular complexity index is 56.1. The molecule has 0 amide bonds. The van der Waals surface area contributed by atoms with Crippen LogP contribution in [0.15, 0.2) is 0 Å². The highest BCUT2D eigenvalue weighted by Crippen LogP contribution is 1.51. The zero-order chi connectivity index (χ0) is 3.41. The van der Waals surface area contributed by atoms with Crippen molar-refractivity contribution in [3.8, 4) is 0 Å². The third kappa shape index (κ3) is 1.68. The van der Waals surface area contributed by atoms with Crippen LogP contribution < -0.4 is 0 Å². The molecule has 0 aromatic heterocycles. The molecule has 0 aliphatic carbocycles. The predicted octanol–water partition coefficient (Wildman–Crippen LogP) is 0.0776. The van der Waals surface area contributed by atoms with Crippen molar-refractivity contribution in [2.45, 2.75) is 0 Å². The molecule has 0 aromatic carbocycles. The Morgan fingerprint density at radius 3 is 2.00 bits per heavy atom. The summed E-state index contributed by atoms with van der Waals surface area (Å²) in [5.74, 6) is 0. The lowest BCUT2D eigenvalue weighted by Crippen LogP contribution is -1.12. The highest BCUT2D eigenvalue weighted by molar-refractivity contribution is 7.23. The summed E-state index contributed by atoms with van der Waals surface area (Å²) in [5, 5.41) is 0. The molecule has 0 saturated carbocycles. The van der Waals surface area contributed by atoms with E-state index in [1.807, 2.05) is 0 Å². The van der Waals surface area contributed by atoms with Crippen LogP contribution in [0.1, 0.15) is 0 Å². The molecule has 2 nitrogen and oxygen atoms in total. The average molecular weight is 76.0 g/mol.